The Morgan fingerprint density at radius 1 is 0.692 bits per heavy atom. The van der Waals surface area contributed by atoms with E-state index >= 15 is 0 Å². The number of unbranched alkanes of at least 4 members (excludes halogenated alkanes) is 3. The van der Waals surface area contributed by atoms with Crippen molar-refractivity contribution in [3.05, 3.63) is 0 Å². The minimum absolute atomic E-state index is 0.318. The Morgan fingerprint density at radius 3 is 1.59 bits per heavy atom. The number of esters is 4. The van der Waals surface area contributed by atoms with E-state index in [4.69, 9.17) is 28.5 Å². The molecule has 0 N–H and O–H groups in total. The van der Waals surface area contributed by atoms with Gasteiger partial charge >= 0.3 is 23.9 Å². The molecule has 0 amide bonds. The SMILES string of the molecule is CCCCP(CCCC)(CCCC)=N/N=N/[C@H]1O[C@H](COC(C)=O)[C@@H](OC(C)=O)[C@H](OC(C)=O)[C@H]1OC(C)=O. The first-order chi connectivity index (χ1) is 18.5. The molecule has 0 radical (unpaired) electrons. The lowest BCUT2D eigenvalue weighted by Gasteiger charge is -2.42. The number of hydrogen-bond acceptors (Lipinski definition) is 10. The molecule has 0 aromatic carbocycles. The maximum Gasteiger partial charge on any atom is 0.303 e. The average Bonchev–Trinajstić information content (AvgIpc) is 2.86. The molecule has 5 atom stereocenters. The normalized spacial score (nSPS) is 23.2. The molecule has 1 saturated heterocycles. The Bertz CT molecular complexity index is 867. The van der Waals surface area contributed by atoms with Crippen LogP contribution in [0.15, 0.2) is 15.2 Å². The highest BCUT2D eigenvalue weighted by molar-refractivity contribution is 7.66. The molecule has 1 aliphatic heterocycles. The van der Waals surface area contributed by atoms with Crippen molar-refractivity contribution in [2.45, 2.75) is 118 Å². The third-order valence-electron chi connectivity index (χ3n) is 6.15. The fourth-order valence-corrected chi connectivity index (χ4v) is 8.15. The van der Waals surface area contributed by atoms with Gasteiger partial charge in [0.25, 0.3) is 0 Å². The van der Waals surface area contributed by atoms with E-state index in [1.54, 1.807) is 0 Å². The van der Waals surface area contributed by atoms with Crippen molar-refractivity contribution in [3.8, 4) is 0 Å². The van der Waals surface area contributed by atoms with E-state index in [2.05, 4.69) is 31.1 Å². The first kappa shape index (κ1) is 34.7. The first-order valence-electron chi connectivity index (χ1n) is 13.8. The summed E-state index contributed by atoms with van der Waals surface area (Å²) in [6.45, 7) is 10.9. The molecule has 0 aromatic rings. The van der Waals surface area contributed by atoms with E-state index in [-0.39, 0.29) is 6.61 Å². The fraction of sp³-hybridized carbons (Fsp3) is 0.846. The molecule has 224 valence electrons. The van der Waals surface area contributed by atoms with Gasteiger partial charge in [-0.05, 0) is 43.0 Å². The topological polar surface area (TPSA) is 152 Å². The maximum atomic E-state index is 12.0. The lowest BCUT2D eigenvalue weighted by atomic mass is 9.97. The van der Waals surface area contributed by atoms with Crippen molar-refractivity contribution in [2.24, 2.45) is 15.2 Å². The van der Waals surface area contributed by atoms with E-state index in [1.807, 2.05) is 0 Å². The van der Waals surface area contributed by atoms with Gasteiger partial charge in [-0.2, -0.15) is 4.85 Å². The molecule has 0 saturated carbocycles. The van der Waals surface area contributed by atoms with Crippen LogP contribution < -0.4 is 0 Å². The van der Waals surface area contributed by atoms with Gasteiger partial charge in [0.1, 0.15) is 12.7 Å². The quantitative estimate of drug-likeness (QED) is 0.0810. The van der Waals surface area contributed by atoms with E-state index < -0.39 is 61.6 Å². The molecule has 0 aromatic heterocycles. The second kappa shape index (κ2) is 18.1. The summed E-state index contributed by atoms with van der Waals surface area (Å²) >= 11 is 0. The van der Waals surface area contributed by atoms with Crippen molar-refractivity contribution < 1.29 is 42.9 Å². The summed E-state index contributed by atoms with van der Waals surface area (Å²) in [6, 6.07) is 0. The Morgan fingerprint density at radius 2 is 1.15 bits per heavy atom. The van der Waals surface area contributed by atoms with Crippen LogP contribution in [-0.4, -0.2) is 79.6 Å². The third kappa shape index (κ3) is 12.6. The minimum Gasteiger partial charge on any atom is -0.463 e. The highest BCUT2D eigenvalue weighted by atomic mass is 31.2. The predicted octanol–water partition coefficient (Wildman–Crippen LogP) is 5.04. The first-order valence-corrected chi connectivity index (χ1v) is 16.1. The Hall–Kier alpha value is -2.33. The molecular weight excluding hydrogens is 529 g/mol. The van der Waals surface area contributed by atoms with E-state index in [1.165, 1.54) is 27.7 Å². The zero-order valence-corrected chi connectivity index (χ0v) is 25.3. The standard InChI is InChI=1S/C26H46N3O9P/c1-8-11-14-39(15-12-9-2,16-13-10-3)29-28-27-26-25(37-21(7)33)24(36-20(6)32)23(35-19(5)31)22(38-26)17-34-18(4)30/h22-26H,8-17H2,1-7H3/b28-27+/t22-,23-,24+,25-,26+/m1/s1. The molecule has 13 heteroatoms. The summed E-state index contributed by atoms with van der Waals surface area (Å²) in [4.78, 5) is 52.2. The van der Waals surface area contributed by atoms with Gasteiger partial charge in [0.2, 0.25) is 6.23 Å². The van der Waals surface area contributed by atoms with Crippen LogP contribution in [0.3, 0.4) is 0 Å². The zero-order chi connectivity index (χ0) is 29.4. The smallest absolute Gasteiger partial charge is 0.303 e. The number of ether oxygens (including phenoxy) is 5. The second-order valence-corrected chi connectivity index (χ2v) is 13.4. The van der Waals surface area contributed by atoms with Crippen LogP contribution >= 0.6 is 7.05 Å². The van der Waals surface area contributed by atoms with Crippen molar-refractivity contribution in [1.29, 1.82) is 0 Å². The van der Waals surface area contributed by atoms with Crippen LogP contribution in [0, 0.1) is 0 Å². The number of nitrogens with zero attached hydrogens (tertiary/aromatic N) is 3. The largest absolute Gasteiger partial charge is 0.463 e. The average molecular weight is 576 g/mol. The molecule has 1 rings (SSSR count). The lowest BCUT2D eigenvalue weighted by Crippen LogP contribution is -2.61. The van der Waals surface area contributed by atoms with E-state index in [0.717, 1.165) is 57.0 Å². The molecule has 12 nitrogen and oxygen atoms in total. The van der Waals surface area contributed by atoms with Crippen LogP contribution in [-0.2, 0) is 42.9 Å². The third-order valence-corrected chi connectivity index (χ3v) is 10.1. The van der Waals surface area contributed by atoms with Crippen molar-refractivity contribution in [2.75, 3.05) is 25.1 Å². The van der Waals surface area contributed by atoms with Gasteiger partial charge in [0.05, 0.1) is 0 Å². The molecule has 0 unspecified atom stereocenters. The molecule has 0 aliphatic carbocycles. The Kier molecular flexibility index (Phi) is 16.1. The molecule has 39 heavy (non-hydrogen) atoms. The molecule has 0 spiro atoms. The van der Waals surface area contributed by atoms with Gasteiger partial charge in [0.15, 0.2) is 18.3 Å². The van der Waals surface area contributed by atoms with Crippen LogP contribution in [0.5, 0.6) is 0 Å². The summed E-state index contributed by atoms with van der Waals surface area (Å²) < 4.78 is 27.4. The number of rotatable bonds is 16. The van der Waals surface area contributed by atoms with Crippen LogP contribution in [0.1, 0.15) is 87.0 Å². The summed E-state index contributed by atoms with van der Waals surface area (Å²) in [5.74, 6) is -2.67. The summed E-state index contributed by atoms with van der Waals surface area (Å²) in [6.07, 6.45) is 3.07. The second-order valence-electron chi connectivity index (χ2n) is 9.71. The molecule has 0 bridgehead atoms. The van der Waals surface area contributed by atoms with Crippen LogP contribution in [0.2, 0.25) is 0 Å². The van der Waals surface area contributed by atoms with Crippen LogP contribution in [0.25, 0.3) is 0 Å². The predicted molar refractivity (Wildman–Crippen MR) is 145 cm³/mol. The zero-order valence-electron chi connectivity index (χ0n) is 24.4. The monoisotopic (exact) mass is 575 g/mol. The summed E-state index contributed by atoms with van der Waals surface area (Å²) in [5.41, 5.74) is 0. The molecule has 1 fully saturated rings. The van der Waals surface area contributed by atoms with Gasteiger partial charge < -0.3 is 23.7 Å². The highest BCUT2D eigenvalue weighted by Crippen LogP contribution is 2.52. The Balaban J connectivity index is 3.55. The van der Waals surface area contributed by atoms with Crippen molar-refractivity contribution in [1.82, 2.24) is 0 Å². The molecule has 1 aliphatic rings. The minimum atomic E-state index is -1.79. The van der Waals surface area contributed by atoms with Gasteiger partial charge in [-0.15, -0.1) is 5.11 Å². The number of carbonyl (C=O) groups excluding carboxylic acids is 4. The molecular formula is C26H46N3O9P. The van der Waals surface area contributed by atoms with Gasteiger partial charge in [0, 0.05) is 34.7 Å². The van der Waals surface area contributed by atoms with E-state index in [0.29, 0.717) is 0 Å². The van der Waals surface area contributed by atoms with Crippen LogP contribution in [0.4, 0.5) is 0 Å². The van der Waals surface area contributed by atoms with E-state index in [9.17, 15) is 19.2 Å². The summed E-state index contributed by atoms with van der Waals surface area (Å²) in [7, 11) is -1.79. The van der Waals surface area contributed by atoms with Crippen molar-refractivity contribution in [3.63, 3.8) is 0 Å². The highest BCUT2D eigenvalue weighted by Gasteiger charge is 2.52. The number of carbonyl (C=O) groups is 4. The lowest BCUT2D eigenvalue weighted by molar-refractivity contribution is -0.252. The maximum absolute atomic E-state index is 12.0. The molecule has 1 heterocycles. The Labute approximate surface area is 231 Å². The number of hydrogen-bond donors (Lipinski definition) is 0. The van der Waals surface area contributed by atoms with Gasteiger partial charge in [-0.25, -0.2) is 0 Å². The summed E-state index contributed by atoms with van der Waals surface area (Å²) in [5, 5.41) is 8.53. The van der Waals surface area contributed by atoms with Gasteiger partial charge in [-0.1, -0.05) is 40.0 Å². The fourth-order valence-electron chi connectivity index (χ4n) is 4.28. The van der Waals surface area contributed by atoms with Gasteiger partial charge in [-0.3, -0.25) is 19.2 Å². The van der Waals surface area contributed by atoms with Crippen molar-refractivity contribution >= 4 is 30.9 Å².